The lowest BCUT2D eigenvalue weighted by atomic mass is 9.79. The van der Waals surface area contributed by atoms with Crippen LogP contribution in [0.1, 0.15) is 82.7 Å². The third-order valence-corrected chi connectivity index (χ3v) is 9.51. The number of pyridine rings is 2. The highest BCUT2D eigenvalue weighted by Crippen LogP contribution is 2.39. The first kappa shape index (κ1) is 31.7. The number of hydrogen-bond donors (Lipinski definition) is 1. The fraction of sp³-hybridized carbons (Fsp3) is 0.514. The van der Waals surface area contributed by atoms with Gasteiger partial charge in [0.25, 0.3) is 5.56 Å². The molecule has 0 spiro atoms. The number of rotatable bonds is 5. The number of carbonyl (C=O) groups is 3. The molecular weight excluding hydrogens is 588 g/mol. The Bertz CT molecular complexity index is 1810. The van der Waals surface area contributed by atoms with Gasteiger partial charge in [0.2, 0.25) is 5.91 Å². The Kier molecular flexibility index (Phi) is 7.95. The smallest absolute Gasteiger partial charge is 0.415 e. The first-order chi connectivity index (χ1) is 21.7. The van der Waals surface area contributed by atoms with E-state index >= 15 is 0 Å². The minimum absolute atomic E-state index is 0.119. The summed E-state index contributed by atoms with van der Waals surface area (Å²) in [7, 11) is 0. The van der Waals surface area contributed by atoms with E-state index in [1.54, 1.807) is 27.7 Å². The molecule has 1 N–H and O–H groups in total. The molecule has 1 saturated heterocycles. The summed E-state index contributed by atoms with van der Waals surface area (Å²) in [4.78, 5) is 60.2. The number of aryl methyl sites for hydroxylation is 1. The lowest BCUT2D eigenvalue weighted by molar-refractivity contribution is -0.157. The van der Waals surface area contributed by atoms with E-state index in [0.29, 0.717) is 61.8 Å². The zero-order valence-corrected chi connectivity index (χ0v) is 27.4. The Morgan fingerprint density at radius 1 is 1.00 bits per heavy atom. The topological polar surface area (TPSA) is 131 Å². The van der Waals surface area contributed by atoms with Gasteiger partial charge in [0.1, 0.15) is 12.4 Å². The average Bonchev–Trinajstić information content (AvgIpc) is 3.38. The number of aliphatic hydroxyl groups is 1. The van der Waals surface area contributed by atoms with E-state index in [1.807, 2.05) is 31.7 Å². The number of aliphatic hydroxyl groups excluding tert-OH is 1. The highest BCUT2D eigenvalue weighted by molar-refractivity contribution is 5.90. The Labute approximate surface area is 268 Å². The van der Waals surface area contributed by atoms with E-state index in [-0.39, 0.29) is 34.6 Å². The fourth-order valence-corrected chi connectivity index (χ4v) is 6.63. The molecule has 1 atom stereocenters. The zero-order valence-electron chi connectivity index (χ0n) is 27.4. The van der Waals surface area contributed by atoms with Gasteiger partial charge in [0.15, 0.2) is 6.10 Å². The number of cyclic esters (lactones) is 1. The molecule has 1 fully saturated rings. The van der Waals surface area contributed by atoms with Crippen LogP contribution in [0.4, 0.5) is 4.79 Å². The average molecular weight is 631 g/mol. The second kappa shape index (κ2) is 11.5. The van der Waals surface area contributed by atoms with E-state index in [1.165, 1.54) is 0 Å². The van der Waals surface area contributed by atoms with Crippen LogP contribution in [0.5, 0.6) is 5.75 Å². The molecule has 6 rings (SSSR count). The molecule has 3 aliphatic rings. The molecule has 2 amide bonds. The van der Waals surface area contributed by atoms with Gasteiger partial charge in [0, 0.05) is 48.1 Å². The molecule has 3 aliphatic heterocycles. The minimum Gasteiger partial charge on any atom is -0.458 e. The maximum atomic E-state index is 13.4. The number of nitrogens with zero attached hydrogens (tertiary/aromatic N) is 4. The van der Waals surface area contributed by atoms with Crippen molar-refractivity contribution in [1.82, 2.24) is 19.4 Å². The van der Waals surface area contributed by atoms with Gasteiger partial charge in [-0.2, -0.15) is 0 Å². The number of benzene rings is 1. The molecule has 1 unspecified atom stereocenters. The summed E-state index contributed by atoms with van der Waals surface area (Å²) in [6.07, 6.45) is 0.431. The van der Waals surface area contributed by atoms with Gasteiger partial charge in [-0.15, -0.1) is 0 Å². The largest absolute Gasteiger partial charge is 0.458 e. The van der Waals surface area contributed by atoms with Gasteiger partial charge >= 0.3 is 12.1 Å². The fourth-order valence-electron chi connectivity index (χ4n) is 6.63. The molecule has 0 radical (unpaired) electrons. The number of fused-ring (bicyclic) bond motifs is 5. The summed E-state index contributed by atoms with van der Waals surface area (Å²) in [6.45, 7) is 14.4. The summed E-state index contributed by atoms with van der Waals surface area (Å²) in [5, 5.41) is 11.2. The number of piperazine rings is 1. The van der Waals surface area contributed by atoms with Gasteiger partial charge < -0.3 is 28.9 Å². The molecule has 11 heteroatoms. The van der Waals surface area contributed by atoms with Crippen LogP contribution in [0.15, 0.2) is 29.1 Å². The number of hydrogen-bond acceptors (Lipinski definition) is 8. The van der Waals surface area contributed by atoms with Crippen molar-refractivity contribution in [3.63, 3.8) is 0 Å². The Morgan fingerprint density at radius 3 is 2.37 bits per heavy atom. The molecule has 46 heavy (non-hydrogen) atoms. The monoisotopic (exact) mass is 630 g/mol. The minimum atomic E-state index is -1.51. The normalized spacial score (nSPS) is 17.8. The molecule has 244 valence electrons. The van der Waals surface area contributed by atoms with Gasteiger partial charge in [-0.1, -0.05) is 41.5 Å². The standard InChI is InChI=1S/C35H42N4O7/c1-7-21-22-16-20(46-33(44)38-14-12-37(13-15-38)32(43)35(5,6)11-10-34(2,3)4)8-9-26(22)36-28-24(21)18-39-27(28)17-23-25(30(39)41)19-45-31(42)29(23)40/h8-9,16-17,29,40H,7,10-15,18-19H2,1-6H3. The molecule has 0 aliphatic carbocycles. The quantitative estimate of drug-likeness (QED) is 0.317. The van der Waals surface area contributed by atoms with Crippen LogP contribution in [0.2, 0.25) is 0 Å². The van der Waals surface area contributed by atoms with Crippen molar-refractivity contribution in [3.8, 4) is 17.1 Å². The van der Waals surface area contributed by atoms with Crippen LogP contribution >= 0.6 is 0 Å². The third-order valence-electron chi connectivity index (χ3n) is 9.51. The molecule has 5 heterocycles. The van der Waals surface area contributed by atoms with Gasteiger partial charge in [-0.25, -0.2) is 14.6 Å². The van der Waals surface area contributed by atoms with Crippen molar-refractivity contribution >= 4 is 28.9 Å². The number of amides is 2. The van der Waals surface area contributed by atoms with E-state index in [9.17, 15) is 24.3 Å². The van der Waals surface area contributed by atoms with E-state index in [0.717, 1.165) is 29.4 Å². The van der Waals surface area contributed by atoms with Gasteiger partial charge in [-0.3, -0.25) is 9.59 Å². The van der Waals surface area contributed by atoms with Gasteiger partial charge in [-0.05, 0) is 54.5 Å². The van der Waals surface area contributed by atoms with Crippen molar-refractivity contribution in [2.24, 2.45) is 10.8 Å². The van der Waals surface area contributed by atoms with Crippen molar-refractivity contribution in [2.75, 3.05) is 26.2 Å². The van der Waals surface area contributed by atoms with Crippen molar-refractivity contribution in [1.29, 1.82) is 0 Å². The Morgan fingerprint density at radius 2 is 1.70 bits per heavy atom. The highest BCUT2D eigenvalue weighted by atomic mass is 16.6. The molecular formula is C35H42N4O7. The van der Waals surface area contributed by atoms with Crippen molar-refractivity contribution < 1.29 is 29.0 Å². The van der Waals surface area contributed by atoms with E-state index in [2.05, 4.69) is 20.8 Å². The zero-order chi connectivity index (χ0) is 33.1. The number of ether oxygens (including phenoxy) is 2. The molecule has 3 aromatic rings. The number of aromatic nitrogens is 2. The van der Waals surface area contributed by atoms with Crippen molar-refractivity contribution in [3.05, 3.63) is 56.9 Å². The Balaban J connectivity index is 1.18. The second-order valence-electron chi connectivity index (χ2n) is 14.4. The van der Waals surface area contributed by atoms with Crippen LogP contribution in [0.3, 0.4) is 0 Å². The van der Waals surface area contributed by atoms with Crippen LogP contribution in [0, 0.1) is 10.8 Å². The molecule has 1 aromatic carbocycles. The lowest BCUT2D eigenvalue weighted by Gasteiger charge is -2.38. The van der Waals surface area contributed by atoms with E-state index < -0.39 is 23.6 Å². The van der Waals surface area contributed by atoms with Crippen LogP contribution in [-0.4, -0.2) is 68.6 Å². The summed E-state index contributed by atoms with van der Waals surface area (Å²) in [6, 6.07) is 6.97. The summed E-state index contributed by atoms with van der Waals surface area (Å²) in [5.41, 5.74) is 3.64. The maximum absolute atomic E-state index is 13.4. The second-order valence-corrected chi connectivity index (χ2v) is 14.4. The SMILES string of the molecule is CCc1c2c(nc3ccc(OC(=O)N4CCN(C(=O)C(C)(C)CCC(C)(C)C)CC4)cc13)-c1cc3c(c(=O)n1C2)COC(=O)C3O. The first-order valence-corrected chi connectivity index (χ1v) is 16.0. The molecule has 11 nitrogen and oxygen atoms in total. The number of esters is 1. The highest BCUT2D eigenvalue weighted by Gasteiger charge is 2.36. The number of carbonyl (C=O) groups excluding carboxylic acids is 3. The summed E-state index contributed by atoms with van der Waals surface area (Å²) < 4.78 is 12.4. The lowest BCUT2D eigenvalue weighted by Crippen LogP contribution is -2.54. The first-order valence-electron chi connectivity index (χ1n) is 16.0. The van der Waals surface area contributed by atoms with Crippen LogP contribution in [-0.2, 0) is 33.9 Å². The van der Waals surface area contributed by atoms with E-state index in [4.69, 9.17) is 14.5 Å². The molecule has 2 aromatic heterocycles. The summed E-state index contributed by atoms with van der Waals surface area (Å²) in [5.74, 6) is -0.268. The molecule has 0 saturated carbocycles. The predicted molar refractivity (Wildman–Crippen MR) is 171 cm³/mol. The maximum Gasteiger partial charge on any atom is 0.415 e. The predicted octanol–water partition coefficient (Wildman–Crippen LogP) is 4.57. The molecule has 0 bridgehead atoms. The third kappa shape index (κ3) is 5.65. The van der Waals surface area contributed by atoms with Crippen LogP contribution < -0.4 is 10.3 Å². The van der Waals surface area contributed by atoms with Gasteiger partial charge in [0.05, 0.1) is 29.0 Å². The van der Waals surface area contributed by atoms with Crippen molar-refractivity contribution in [2.45, 2.75) is 80.1 Å². The van der Waals surface area contributed by atoms with Crippen LogP contribution in [0.25, 0.3) is 22.3 Å². The summed E-state index contributed by atoms with van der Waals surface area (Å²) >= 11 is 0. The Hall–Kier alpha value is -4.25.